The molecule has 2 aromatic carbocycles. The standard InChI is InChI=1S/C25H24N4O4/c1-28(2)25(31)17-7-5-6-16(10-17)22-13-26-24-21(27-15-30)11-18(14-29(22)24)20-9-8-19(32-3)12-23(20)33-4/h5-15H,1-4H3,(H,27,30). The molecule has 168 valence electrons. The normalized spacial score (nSPS) is 10.7. The van der Waals surface area contributed by atoms with Gasteiger partial charge in [-0.1, -0.05) is 12.1 Å². The fourth-order valence-corrected chi connectivity index (χ4v) is 3.72. The topological polar surface area (TPSA) is 85.2 Å². The Kier molecular flexibility index (Phi) is 5.99. The summed E-state index contributed by atoms with van der Waals surface area (Å²) in [5, 5.41) is 2.74. The predicted octanol–water partition coefficient (Wildman–Crippen LogP) is 3.96. The number of pyridine rings is 1. The molecule has 0 saturated heterocycles. The van der Waals surface area contributed by atoms with Crippen LogP contribution in [0.3, 0.4) is 0 Å². The fourth-order valence-electron chi connectivity index (χ4n) is 3.72. The molecule has 2 aromatic heterocycles. The Bertz CT molecular complexity index is 1340. The van der Waals surface area contributed by atoms with E-state index in [0.29, 0.717) is 34.8 Å². The molecular formula is C25H24N4O4. The van der Waals surface area contributed by atoms with Crippen molar-refractivity contribution in [2.75, 3.05) is 33.6 Å². The number of anilines is 1. The third kappa shape index (κ3) is 4.10. The average Bonchev–Trinajstić information content (AvgIpc) is 3.27. The van der Waals surface area contributed by atoms with Crippen molar-refractivity contribution in [3.05, 3.63) is 66.5 Å². The van der Waals surface area contributed by atoms with Gasteiger partial charge in [-0.2, -0.15) is 0 Å². The molecule has 0 aliphatic rings. The summed E-state index contributed by atoms with van der Waals surface area (Å²) >= 11 is 0. The number of amides is 2. The Morgan fingerprint density at radius 2 is 1.88 bits per heavy atom. The van der Waals surface area contributed by atoms with E-state index in [1.807, 2.05) is 47.0 Å². The molecule has 4 aromatic rings. The van der Waals surface area contributed by atoms with Crippen LogP contribution in [-0.4, -0.2) is 54.9 Å². The zero-order chi connectivity index (χ0) is 23.5. The fraction of sp³-hybridized carbons (Fsp3) is 0.160. The first kappa shape index (κ1) is 21.9. The van der Waals surface area contributed by atoms with Gasteiger partial charge < -0.3 is 19.7 Å². The van der Waals surface area contributed by atoms with E-state index in [0.717, 1.165) is 22.4 Å². The molecule has 0 saturated carbocycles. The summed E-state index contributed by atoms with van der Waals surface area (Å²) in [6.45, 7) is 0. The van der Waals surface area contributed by atoms with Gasteiger partial charge in [0.1, 0.15) is 11.5 Å². The molecule has 0 aliphatic heterocycles. The molecule has 4 rings (SSSR count). The third-order valence-electron chi connectivity index (χ3n) is 5.35. The van der Waals surface area contributed by atoms with Crippen molar-refractivity contribution in [1.29, 1.82) is 0 Å². The number of rotatable bonds is 7. The Morgan fingerprint density at radius 1 is 1.06 bits per heavy atom. The molecule has 33 heavy (non-hydrogen) atoms. The van der Waals surface area contributed by atoms with Crippen LogP contribution in [0.2, 0.25) is 0 Å². The Labute approximate surface area is 191 Å². The number of imidazole rings is 1. The van der Waals surface area contributed by atoms with Crippen LogP contribution < -0.4 is 14.8 Å². The van der Waals surface area contributed by atoms with E-state index in [1.54, 1.807) is 46.6 Å². The van der Waals surface area contributed by atoms with Crippen molar-refractivity contribution in [3.8, 4) is 33.9 Å². The lowest BCUT2D eigenvalue weighted by Crippen LogP contribution is -2.21. The number of methoxy groups -OCH3 is 2. The van der Waals surface area contributed by atoms with Gasteiger partial charge in [-0.05, 0) is 30.3 Å². The van der Waals surface area contributed by atoms with Crippen LogP contribution in [-0.2, 0) is 4.79 Å². The van der Waals surface area contributed by atoms with Gasteiger partial charge in [-0.15, -0.1) is 0 Å². The molecule has 0 atom stereocenters. The van der Waals surface area contributed by atoms with Crippen LogP contribution in [0, 0.1) is 0 Å². The van der Waals surface area contributed by atoms with Crippen molar-refractivity contribution in [2.45, 2.75) is 0 Å². The number of nitrogens with zero attached hydrogens (tertiary/aromatic N) is 3. The van der Waals surface area contributed by atoms with Crippen molar-refractivity contribution in [2.24, 2.45) is 0 Å². The Morgan fingerprint density at radius 3 is 2.58 bits per heavy atom. The van der Waals surface area contributed by atoms with Gasteiger partial charge in [-0.25, -0.2) is 4.98 Å². The number of nitrogens with one attached hydrogen (secondary N) is 1. The molecule has 2 heterocycles. The quantitative estimate of drug-likeness (QED) is 0.436. The van der Waals surface area contributed by atoms with Gasteiger partial charge in [-0.3, -0.25) is 14.0 Å². The zero-order valence-electron chi connectivity index (χ0n) is 18.8. The van der Waals surface area contributed by atoms with Crippen LogP contribution in [0.4, 0.5) is 5.69 Å². The number of hydrogen-bond donors (Lipinski definition) is 1. The minimum absolute atomic E-state index is 0.0855. The van der Waals surface area contributed by atoms with Crippen LogP contribution in [0.25, 0.3) is 28.0 Å². The summed E-state index contributed by atoms with van der Waals surface area (Å²) in [7, 11) is 6.63. The lowest BCUT2D eigenvalue weighted by molar-refractivity contribution is -0.105. The van der Waals surface area contributed by atoms with E-state index in [1.165, 1.54) is 4.90 Å². The second kappa shape index (κ2) is 9.04. The van der Waals surface area contributed by atoms with E-state index >= 15 is 0 Å². The van der Waals surface area contributed by atoms with Crippen LogP contribution in [0.1, 0.15) is 10.4 Å². The summed E-state index contributed by atoms with van der Waals surface area (Å²) < 4.78 is 12.8. The van der Waals surface area contributed by atoms with Crippen molar-refractivity contribution in [3.63, 3.8) is 0 Å². The van der Waals surface area contributed by atoms with Crippen LogP contribution >= 0.6 is 0 Å². The number of fused-ring (bicyclic) bond motifs is 1. The van der Waals surface area contributed by atoms with Gasteiger partial charge in [0.25, 0.3) is 5.91 Å². The lowest BCUT2D eigenvalue weighted by atomic mass is 10.0. The number of benzene rings is 2. The molecule has 0 bridgehead atoms. The highest BCUT2D eigenvalue weighted by Gasteiger charge is 2.16. The van der Waals surface area contributed by atoms with Gasteiger partial charge >= 0.3 is 0 Å². The first-order valence-corrected chi connectivity index (χ1v) is 10.2. The maximum atomic E-state index is 12.5. The van der Waals surface area contributed by atoms with Crippen LogP contribution in [0.5, 0.6) is 11.5 Å². The van der Waals surface area contributed by atoms with Gasteiger partial charge in [0.2, 0.25) is 6.41 Å². The molecule has 2 amide bonds. The molecule has 0 radical (unpaired) electrons. The maximum Gasteiger partial charge on any atom is 0.253 e. The zero-order valence-corrected chi connectivity index (χ0v) is 18.8. The molecule has 0 unspecified atom stereocenters. The highest BCUT2D eigenvalue weighted by Crippen LogP contribution is 2.36. The molecule has 1 N–H and O–H groups in total. The number of hydrogen-bond acceptors (Lipinski definition) is 5. The molecule has 0 aliphatic carbocycles. The van der Waals surface area contributed by atoms with E-state index in [9.17, 15) is 9.59 Å². The van der Waals surface area contributed by atoms with E-state index < -0.39 is 0 Å². The average molecular weight is 444 g/mol. The van der Waals surface area contributed by atoms with Crippen molar-refractivity contribution in [1.82, 2.24) is 14.3 Å². The maximum absolute atomic E-state index is 12.5. The highest BCUT2D eigenvalue weighted by atomic mass is 16.5. The van der Waals surface area contributed by atoms with Gasteiger partial charge in [0.05, 0.1) is 31.8 Å². The smallest absolute Gasteiger partial charge is 0.253 e. The SMILES string of the molecule is COc1ccc(-c2cc(NC=O)c3ncc(-c4cccc(C(=O)N(C)C)c4)n3c2)c(OC)c1. The van der Waals surface area contributed by atoms with E-state index in [4.69, 9.17) is 9.47 Å². The van der Waals surface area contributed by atoms with E-state index in [-0.39, 0.29) is 5.91 Å². The Balaban J connectivity index is 1.92. The van der Waals surface area contributed by atoms with Crippen LogP contribution in [0.15, 0.2) is 60.9 Å². The monoisotopic (exact) mass is 444 g/mol. The molecule has 8 heteroatoms. The number of carbonyl (C=O) groups is 2. The summed E-state index contributed by atoms with van der Waals surface area (Å²) in [5.74, 6) is 1.22. The summed E-state index contributed by atoms with van der Waals surface area (Å²) in [4.78, 5) is 29.8. The minimum Gasteiger partial charge on any atom is -0.497 e. The van der Waals surface area contributed by atoms with Gasteiger partial charge in [0, 0.05) is 48.6 Å². The first-order valence-electron chi connectivity index (χ1n) is 10.2. The summed E-state index contributed by atoms with van der Waals surface area (Å²) in [5.41, 5.74) is 4.95. The van der Waals surface area contributed by atoms with Crippen molar-refractivity contribution < 1.29 is 19.1 Å². The van der Waals surface area contributed by atoms with Gasteiger partial charge in [0.15, 0.2) is 5.65 Å². The highest BCUT2D eigenvalue weighted by molar-refractivity contribution is 5.95. The second-order valence-electron chi connectivity index (χ2n) is 7.59. The first-order chi connectivity index (χ1) is 16.0. The molecule has 0 spiro atoms. The molecule has 8 nitrogen and oxygen atoms in total. The Hall–Kier alpha value is -4.33. The largest absolute Gasteiger partial charge is 0.497 e. The summed E-state index contributed by atoms with van der Waals surface area (Å²) in [6, 6.07) is 14.8. The number of aromatic nitrogens is 2. The van der Waals surface area contributed by atoms with Crippen molar-refractivity contribution >= 4 is 23.7 Å². The third-order valence-corrected chi connectivity index (χ3v) is 5.35. The predicted molar refractivity (Wildman–Crippen MR) is 127 cm³/mol. The number of carbonyl (C=O) groups excluding carboxylic acids is 2. The molecular weight excluding hydrogens is 420 g/mol. The van der Waals surface area contributed by atoms with E-state index in [2.05, 4.69) is 10.3 Å². The lowest BCUT2D eigenvalue weighted by Gasteiger charge is -2.14. The second-order valence-corrected chi connectivity index (χ2v) is 7.59. The summed E-state index contributed by atoms with van der Waals surface area (Å²) in [6.07, 6.45) is 4.27. The molecule has 0 fully saturated rings. The minimum atomic E-state index is -0.0855. The number of ether oxygens (including phenoxy) is 2.